The molecule has 0 unspecified atom stereocenters. The van der Waals surface area contributed by atoms with Gasteiger partial charge in [0.15, 0.2) is 8.32 Å². The fraction of sp³-hybridized carbons (Fsp3) is 0.556. The quantitative estimate of drug-likeness (QED) is 0.282. The summed E-state index contributed by atoms with van der Waals surface area (Å²) >= 11 is 0. The summed E-state index contributed by atoms with van der Waals surface area (Å²) in [5, 5.41) is 2.85. The Morgan fingerprint density at radius 2 is 1.75 bits per heavy atom. The van der Waals surface area contributed by atoms with Crippen LogP contribution in [0.5, 0.6) is 0 Å². The average molecular weight is 514 g/mol. The Kier molecular flexibility index (Phi) is 11.1. The van der Waals surface area contributed by atoms with Gasteiger partial charge in [0.2, 0.25) is 0 Å². The molecule has 1 rings (SSSR count). The van der Waals surface area contributed by atoms with Gasteiger partial charge in [0.1, 0.15) is 13.4 Å². The molecule has 0 aliphatic rings. The van der Waals surface area contributed by atoms with Crippen LogP contribution in [0, 0.1) is 6.92 Å². The molecule has 0 saturated carbocycles. The van der Waals surface area contributed by atoms with Crippen LogP contribution in [-0.2, 0) is 14.0 Å². The van der Waals surface area contributed by atoms with Gasteiger partial charge in [-0.25, -0.2) is 4.79 Å². The van der Waals surface area contributed by atoms with E-state index in [2.05, 4.69) is 39.2 Å². The zero-order chi connectivity index (χ0) is 27.9. The molecule has 0 atom stereocenters. The Morgan fingerprint density at radius 3 is 2.31 bits per heavy atom. The maximum Gasteiger partial charge on any atom is 0.410 e. The maximum atomic E-state index is 12.9. The van der Waals surface area contributed by atoms with Gasteiger partial charge in [-0.1, -0.05) is 50.0 Å². The molecule has 7 nitrogen and oxygen atoms in total. The van der Waals surface area contributed by atoms with Crippen molar-refractivity contribution in [3.8, 4) is 0 Å². The lowest BCUT2D eigenvalue weighted by atomic mass is 9.90. The predicted octanol–water partition coefficient (Wildman–Crippen LogP) is 4.78. The Bertz CT molecular complexity index is 992. The number of rotatable bonds is 9. The molecule has 2 amide bonds. The lowest BCUT2D eigenvalue weighted by Crippen LogP contribution is -2.44. The van der Waals surface area contributed by atoms with Crippen LogP contribution in [0.2, 0.25) is 18.1 Å². The Morgan fingerprint density at radius 1 is 1.14 bits per heavy atom. The maximum absolute atomic E-state index is 12.9. The molecule has 0 aliphatic heterocycles. The van der Waals surface area contributed by atoms with E-state index >= 15 is 0 Å². The molecular weight excluding hydrogens is 469 g/mol. The number of nitrogens with one attached hydrogen (secondary N) is 1. The topological polar surface area (TPSA) is 93.9 Å². The van der Waals surface area contributed by atoms with Gasteiger partial charge in [-0.3, -0.25) is 4.79 Å². The number of amides is 2. The van der Waals surface area contributed by atoms with E-state index in [0.29, 0.717) is 30.8 Å². The van der Waals surface area contributed by atoms with Crippen molar-refractivity contribution >= 4 is 39.3 Å². The highest BCUT2D eigenvalue weighted by molar-refractivity contribution is 6.74. The number of anilines is 1. The molecule has 1 aromatic carbocycles. The van der Waals surface area contributed by atoms with E-state index in [0.717, 1.165) is 11.1 Å². The Hall–Kier alpha value is -2.52. The molecule has 2 radical (unpaired) electrons. The van der Waals surface area contributed by atoms with Gasteiger partial charge in [0.05, 0.1) is 12.3 Å². The molecular formula is C27H44BN3O4Si. The average Bonchev–Trinajstić information content (AvgIpc) is 2.72. The fourth-order valence-electron chi connectivity index (χ4n) is 2.83. The number of benzene rings is 1. The molecule has 0 bridgehead atoms. The van der Waals surface area contributed by atoms with Crippen molar-refractivity contribution in [2.75, 3.05) is 25.0 Å². The van der Waals surface area contributed by atoms with Crippen LogP contribution in [0.3, 0.4) is 0 Å². The summed E-state index contributed by atoms with van der Waals surface area (Å²) in [6, 6.07) is 5.30. The van der Waals surface area contributed by atoms with E-state index in [1.165, 1.54) is 6.08 Å². The van der Waals surface area contributed by atoms with E-state index in [4.69, 9.17) is 22.7 Å². The highest BCUT2D eigenvalue weighted by Crippen LogP contribution is 2.36. The molecule has 0 aliphatic carbocycles. The number of hydrogen-bond donors (Lipinski definition) is 2. The van der Waals surface area contributed by atoms with E-state index in [1.54, 1.807) is 29.2 Å². The Labute approximate surface area is 220 Å². The Balaban J connectivity index is 2.93. The normalized spacial score (nSPS) is 13.4. The van der Waals surface area contributed by atoms with Crippen molar-refractivity contribution in [1.29, 1.82) is 0 Å². The number of ether oxygens (including phenoxy) is 1. The van der Waals surface area contributed by atoms with Crippen molar-refractivity contribution in [3.63, 3.8) is 0 Å². The molecule has 0 saturated heterocycles. The lowest BCUT2D eigenvalue weighted by molar-refractivity contribution is -0.112. The second kappa shape index (κ2) is 12.6. The second-order valence-corrected chi connectivity index (χ2v) is 16.4. The van der Waals surface area contributed by atoms with Crippen LogP contribution in [0.25, 0.3) is 0 Å². The predicted molar refractivity (Wildman–Crippen MR) is 152 cm³/mol. The van der Waals surface area contributed by atoms with Crippen molar-refractivity contribution < 1.29 is 18.8 Å². The fourth-order valence-corrected chi connectivity index (χ4v) is 3.87. The molecule has 0 aromatic heterocycles. The summed E-state index contributed by atoms with van der Waals surface area (Å²) in [5.41, 5.74) is 8.23. The SMILES string of the molecule is [B]c1cccc(NC(=O)/C(N)=C/C=C(\C)CN(CCO[Si](C)(C)C(C)(C)C)C(=O)OC(C)(C)C)c1C. The second-order valence-electron chi connectivity index (χ2n) is 11.6. The summed E-state index contributed by atoms with van der Waals surface area (Å²) in [6.45, 7) is 21.2. The van der Waals surface area contributed by atoms with Crippen LogP contribution in [0.15, 0.2) is 41.6 Å². The van der Waals surface area contributed by atoms with Crippen molar-refractivity contribution in [2.24, 2.45) is 5.73 Å². The van der Waals surface area contributed by atoms with Gasteiger partial charge in [-0.05, 0) is 70.5 Å². The summed E-state index contributed by atoms with van der Waals surface area (Å²) in [4.78, 5) is 27.0. The summed E-state index contributed by atoms with van der Waals surface area (Å²) < 4.78 is 11.9. The number of nitrogens with two attached hydrogens (primary N) is 1. The minimum Gasteiger partial charge on any atom is -0.444 e. The number of nitrogens with zero attached hydrogens (tertiary/aromatic N) is 1. The first kappa shape index (κ1) is 31.5. The van der Waals surface area contributed by atoms with E-state index < -0.39 is 25.9 Å². The molecule has 36 heavy (non-hydrogen) atoms. The van der Waals surface area contributed by atoms with Crippen LogP contribution in [0.1, 0.15) is 54.0 Å². The number of carbonyl (C=O) groups excluding carboxylic acids is 2. The van der Waals surface area contributed by atoms with Gasteiger partial charge in [0.25, 0.3) is 5.91 Å². The van der Waals surface area contributed by atoms with Gasteiger partial charge in [-0.2, -0.15) is 0 Å². The number of carbonyl (C=O) groups is 2. The first-order valence-electron chi connectivity index (χ1n) is 12.3. The monoisotopic (exact) mass is 513 g/mol. The third-order valence-electron chi connectivity index (χ3n) is 6.16. The van der Waals surface area contributed by atoms with Crippen LogP contribution >= 0.6 is 0 Å². The molecule has 198 valence electrons. The zero-order valence-corrected chi connectivity index (χ0v) is 24.7. The third kappa shape index (κ3) is 10.2. The molecule has 0 fully saturated rings. The molecule has 1 aromatic rings. The highest BCUT2D eigenvalue weighted by atomic mass is 28.4. The smallest absolute Gasteiger partial charge is 0.410 e. The van der Waals surface area contributed by atoms with Crippen molar-refractivity contribution in [3.05, 3.63) is 47.2 Å². The van der Waals surface area contributed by atoms with Gasteiger partial charge < -0.3 is 25.1 Å². The largest absolute Gasteiger partial charge is 0.444 e. The van der Waals surface area contributed by atoms with Gasteiger partial charge in [0, 0.05) is 18.8 Å². The summed E-state index contributed by atoms with van der Waals surface area (Å²) in [6.07, 6.45) is 2.85. The van der Waals surface area contributed by atoms with E-state index in [1.807, 2.05) is 34.6 Å². The lowest BCUT2D eigenvalue weighted by Gasteiger charge is -2.37. The number of allylic oxidation sites excluding steroid dienone is 2. The third-order valence-corrected chi connectivity index (χ3v) is 10.7. The minimum absolute atomic E-state index is 0.0428. The molecule has 0 heterocycles. The molecule has 9 heteroatoms. The minimum atomic E-state index is -1.95. The zero-order valence-electron chi connectivity index (χ0n) is 23.7. The molecule has 3 N–H and O–H groups in total. The van der Waals surface area contributed by atoms with Crippen LogP contribution in [-0.4, -0.2) is 58.4 Å². The highest BCUT2D eigenvalue weighted by Gasteiger charge is 2.37. The summed E-state index contributed by atoms with van der Waals surface area (Å²) in [7, 11) is 3.96. The first-order chi connectivity index (χ1) is 16.3. The van der Waals surface area contributed by atoms with Crippen molar-refractivity contribution in [2.45, 2.75) is 79.1 Å². The van der Waals surface area contributed by atoms with Gasteiger partial charge in [-0.15, -0.1) is 0 Å². The van der Waals surface area contributed by atoms with Gasteiger partial charge >= 0.3 is 6.09 Å². The summed E-state index contributed by atoms with van der Waals surface area (Å²) in [5.74, 6) is -0.431. The van der Waals surface area contributed by atoms with Crippen LogP contribution < -0.4 is 16.5 Å². The molecule has 0 spiro atoms. The van der Waals surface area contributed by atoms with E-state index in [-0.39, 0.29) is 10.7 Å². The van der Waals surface area contributed by atoms with E-state index in [9.17, 15) is 9.59 Å². The van der Waals surface area contributed by atoms with Crippen LogP contribution in [0.4, 0.5) is 10.5 Å². The first-order valence-corrected chi connectivity index (χ1v) is 15.2. The standard InChI is InChI=1S/C27H44BN3O4Si/c1-19(14-15-22(29)24(32)30-23-13-11-12-21(28)20(23)2)18-31(25(33)35-26(3,4)5)16-17-34-36(9,10)27(6,7)8/h11-15H,16-18,29H2,1-10H3,(H,30,32)/b19-14+,22-15-. The number of hydrogen-bond acceptors (Lipinski definition) is 5. The van der Waals surface area contributed by atoms with Crippen molar-refractivity contribution in [1.82, 2.24) is 4.90 Å².